The molecule has 0 saturated heterocycles. The predicted octanol–water partition coefficient (Wildman–Crippen LogP) is 5.83. The predicted molar refractivity (Wildman–Crippen MR) is 156 cm³/mol. The normalized spacial score (nSPS) is 11.7. The van der Waals surface area contributed by atoms with E-state index in [4.69, 9.17) is 39.9 Å². The van der Waals surface area contributed by atoms with Crippen LogP contribution in [0.5, 0.6) is 5.75 Å². The van der Waals surface area contributed by atoms with Gasteiger partial charge >= 0.3 is 19.5 Å². The molecular weight excluding hydrogens is 578 g/mol. The van der Waals surface area contributed by atoms with Crippen molar-refractivity contribution in [2.24, 2.45) is 0 Å². The van der Waals surface area contributed by atoms with Crippen LogP contribution in [-0.4, -0.2) is 35.0 Å². The van der Waals surface area contributed by atoms with E-state index in [9.17, 15) is 5.11 Å². The molecule has 2 aliphatic heterocycles. The summed E-state index contributed by atoms with van der Waals surface area (Å²) in [4.78, 5) is 38.8. The summed E-state index contributed by atoms with van der Waals surface area (Å²) in [5.74, 6) is 1.81. The summed E-state index contributed by atoms with van der Waals surface area (Å²) in [6.07, 6.45) is 0. The molecule has 0 saturated carbocycles. The summed E-state index contributed by atoms with van der Waals surface area (Å²) < 4.78 is 0. The van der Waals surface area contributed by atoms with Crippen molar-refractivity contribution in [3.05, 3.63) is 91.0 Å². The first kappa shape index (κ1) is 24.5. The number of aromatic hydroxyl groups is 1. The fourth-order valence-electron chi connectivity index (χ4n) is 5.54. The SMILES string of the molecule is Oc1cccc2c1-c1nc-2nc2[n-]c(nc3nc(nc4[n-]c(n1)c1ccccc41)-c1ccccc1-3)c1ccccc21.[Zn+2]. The van der Waals surface area contributed by atoms with Gasteiger partial charge in [-0.2, -0.15) is 0 Å². The summed E-state index contributed by atoms with van der Waals surface area (Å²) in [6, 6.07) is 28.7. The molecule has 1 N–H and O–H groups in total. The first-order chi connectivity index (χ1) is 20.2. The molecule has 0 fully saturated rings. The van der Waals surface area contributed by atoms with Gasteiger partial charge in [-0.3, -0.25) is 0 Å². The molecular formula is C32H16N8OZn. The van der Waals surface area contributed by atoms with Gasteiger partial charge in [0.05, 0.1) is 28.9 Å². The van der Waals surface area contributed by atoms with Crippen molar-refractivity contribution in [2.75, 3.05) is 0 Å². The summed E-state index contributed by atoms with van der Waals surface area (Å²) in [6.45, 7) is 0. The van der Waals surface area contributed by atoms with Gasteiger partial charge in [-0.1, -0.05) is 84.9 Å². The zero-order valence-electron chi connectivity index (χ0n) is 21.9. The van der Waals surface area contributed by atoms with Crippen LogP contribution in [0.4, 0.5) is 0 Å². The fourth-order valence-corrected chi connectivity index (χ4v) is 5.54. The fraction of sp³-hybridized carbons (Fsp3) is 0. The minimum Gasteiger partial charge on any atom is -0.507 e. The standard InChI is InChI=1S/C32H16N8O.Zn/c41-23-15-7-14-22-24(23)32-39-30-21-13-6-5-12-20(21)28(37-30)35-26-17-9-2-1-8-16(17)25(33-26)34-27-18-10-3-4-11-19(18)29(36-27)38-31(22)40-32;/h1-15H,(H-2,33,34,35,36,37,38,39,40,41);/q-2;+2. The maximum absolute atomic E-state index is 10.9. The summed E-state index contributed by atoms with van der Waals surface area (Å²) >= 11 is 0. The number of benzene rings is 4. The molecule has 0 atom stereocenters. The van der Waals surface area contributed by atoms with Crippen molar-refractivity contribution >= 4 is 44.1 Å². The smallest absolute Gasteiger partial charge is 0.507 e. The topological polar surface area (TPSA) is 126 Å². The first-order valence-corrected chi connectivity index (χ1v) is 13.0. The molecule has 4 aromatic carbocycles. The Bertz CT molecular complexity index is 2410. The van der Waals surface area contributed by atoms with Crippen molar-refractivity contribution in [3.8, 4) is 51.3 Å². The second-order valence-electron chi connectivity index (χ2n) is 9.82. The average molecular weight is 594 g/mol. The Kier molecular flexibility index (Phi) is 5.29. The van der Waals surface area contributed by atoms with Crippen LogP contribution in [0.2, 0.25) is 0 Å². The van der Waals surface area contributed by atoms with Crippen LogP contribution in [0.1, 0.15) is 0 Å². The molecule has 0 aliphatic carbocycles. The molecule has 2 aliphatic rings. The van der Waals surface area contributed by atoms with Crippen LogP contribution in [0.15, 0.2) is 91.0 Å². The average Bonchev–Trinajstić information content (AvgIpc) is 3.73. The van der Waals surface area contributed by atoms with Gasteiger partial charge in [0.25, 0.3) is 0 Å². The molecule has 3 aromatic heterocycles. The molecule has 10 heteroatoms. The Hall–Kier alpha value is -5.34. The van der Waals surface area contributed by atoms with Crippen LogP contribution in [0.3, 0.4) is 0 Å². The largest absolute Gasteiger partial charge is 2.00 e. The number of hydrogen-bond donors (Lipinski definition) is 1. The summed E-state index contributed by atoms with van der Waals surface area (Å²) in [5.41, 5.74) is 4.79. The van der Waals surface area contributed by atoms with Crippen LogP contribution < -0.4 is 9.97 Å². The molecule has 7 aromatic rings. The molecule has 0 amide bonds. The summed E-state index contributed by atoms with van der Waals surface area (Å²) in [7, 11) is 0. The number of fused-ring (bicyclic) bond motifs is 20. The van der Waals surface area contributed by atoms with Gasteiger partial charge in [-0.05, 0) is 27.6 Å². The number of aromatic nitrogens is 8. The van der Waals surface area contributed by atoms with E-state index in [1.807, 2.05) is 78.9 Å². The number of phenolic OH excluding ortho intramolecular Hbond substituents is 1. The van der Waals surface area contributed by atoms with E-state index in [0.29, 0.717) is 57.0 Å². The van der Waals surface area contributed by atoms with Crippen LogP contribution >= 0.6 is 0 Å². The maximum atomic E-state index is 10.9. The Balaban J connectivity index is 0.00000267. The van der Waals surface area contributed by atoms with Gasteiger partial charge in [0.2, 0.25) is 0 Å². The number of nitrogens with zero attached hydrogens (tertiary/aromatic N) is 8. The van der Waals surface area contributed by atoms with Gasteiger partial charge < -0.3 is 35.0 Å². The van der Waals surface area contributed by atoms with Crippen LogP contribution in [0.25, 0.3) is 89.7 Å². The van der Waals surface area contributed by atoms with Crippen molar-refractivity contribution in [3.63, 3.8) is 0 Å². The zero-order chi connectivity index (χ0) is 27.1. The van der Waals surface area contributed by atoms with E-state index in [0.717, 1.165) is 32.7 Å². The van der Waals surface area contributed by atoms with E-state index < -0.39 is 0 Å². The first-order valence-electron chi connectivity index (χ1n) is 13.0. The van der Waals surface area contributed by atoms with Gasteiger partial charge in [0.1, 0.15) is 5.75 Å². The monoisotopic (exact) mass is 592 g/mol. The third kappa shape index (κ3) is 3.52. The Morgan fingerprint density at radius 3 is 1.29 bits per heavy atom. The second kappa shape index (κ2) is 9.09. The molecule has 192 valence electrons. The van der Waals surface area contributed by atoms with Gasteiger partial charge in [-0.15, -0.1) is 0 Å². The molecule has 8 bridgehead atoms. The molecule has 42 heavy (non-hydrogen) atoms. The maximum Gasteiger partial charge on any atom is 2.00 e. The minimum absolute atomic E-state index is 0. The Morgan fingerprint density at radius 1 is 0.405 bits per heavy atom. The third-order valence-corrected chi connectivity index (χ3v) is 7.43. The Labute approximate surface area is 250 Å². The Morgan fingerprint density at radius 2 is 0.786 bits per heavy atom. The van der Waals surface area contributed by atoms with Gasteiger partial charge in [-0.25, -0.2) is 9.97 Å². The number of hydrogen-bond acceptors (Lipinski definition) is 7. The van der Waals surface area contributed by atoms with Crippen molar-refractivity contribution in [1.29, 1.82) is 0 Å². The molecule has 9 rings (SSSR count). The van der Waals surface area contributed by atoms with E-state index >= 15 is 0 Å². The molecule has 0 radical (unpaired) electrons. The molecule has 0 spiro atoms. The van der Waals surface area contributed by atoms with E-state index in [-0.39, 0.29) is 25.2 Å². The second-order valence-corrected chi connectivity index (χ2v) is 9.82. The van der Waals surface area contributed by atoms with Gasteiger partial charge in [0.15, 0.2) is 0 Å². The summed E-state index contributed by atoms with van der Waals surface area (Å²) in [5, 5.41) is 14.2. The van der Waals surface area contributed by atoms with Crippen molar-refractivity contribution in [1.82, 2.24) is 39.9 Å². The molecule has 0 unspecified atom stereocenters. The third-order valence-electron chi connectivity index (χ3n) is 7.43. The van der Waals surface area contributed by atoms with E-state index in [1.165, 1.54) is 0 Å². The number of rotatable bonds is 0. The van der Waals surface area contributed by atoms with Crippen molar-refractivity contribution in [2.45, 2.75) is 0 Å². The number of phenols is 1. The molecule has 9 nitrogen and oxygen atoms in total. The van der Waals surface area contributed by atoms with E-state index in [2.05, 4.69) is 0 Å². The molecule has 5 heterocycles. The van der Waals surface area contributed by atoms with E-state index in [1.54, 1.807) is 12.1 Å². The quantitative estimate of drug-likeness (QED) is 0.216. The van der Waals surface area contributed by atoms with Gasteiger partial charge in [0, 0.05) is 39.3 Å². The zero-order valence-corrected chi connectivity index (χ0v) is 24.9. The van der Waals surface area contributed by atoms with Crippen LogP contribution in [0, 0.1) is 0 Å². The minimum atomic E-state index is 0. The van der Waals surface area contributed by atoms with Crippen LogP contribution in [-0.2, 0) is 19.5 Å². The van der Waals surface area contributed by atoms with Crippen molar-refractivity contribution < 1.29 is 24.6 Å².